The van der Waals surface area contributed by atoms with Crippen LogP contribution < -0.4 is 5.32 Å². The van der Waals surface area contributed by atoms with E-state index in [1.54, 1.807) is 0 Å². The third-order valence-electron chi connectivity index (χ3n) is 4.97. The second kappa shape index (κ2) is 7.73. The second-order valence-corrected chi connectivity index (χ2v) is 7.08. The highest BCUT2D eigenvalue weighted by atomic mass is 16.2. The topological polar surface area (TPSA) is 46.9 Å². The molecule has 0 aliphatic rings. The van der Waals surface area contributed by atoms with Gasteiger partial charge in [0.15, 0.2) is 0 Å². The fourth-order valence-corrected chi connectivity index (χ4v) is 3.09. The van der Waals surface area contributed by atoms with Crippen molar-refractivity contribution >= 4 is 16.9 Å². The summed E-state index contributed by atoms with van der Waals surface area (Å²) in [6, 6.07) is 14.7. The van der Waals surface area contributed by atoms with Gasteiger partial charge in [0.2, 0.25) is 5.91 Å². The summed E-state index contributed by atoms with van der Waals surface area (Å²) in [7, 11) is 0. The highest BCUT2D eigenvalue weighted by Crippen LogP contribution is 2.22. The van der Waals surface area contributed by atoms with Crippen LogP contribution in [-0.4, -0.2) is 21.5 Å². The Morgan fingerprint density at radius 3 is 2.54 bits per heavy atom. The van der Waals surface area contributed by atoms with E-state index in [1.165, 1.54) is 16.7 Å². The molecule has 1 aromatic heterocycles. The second-order valence-electron chi connectivity index (χ2n) is 7.08. The minimum absolute atomic E-state index is 0.0335. The third kappa shape index (κ3) is 3.96. The number of aryl methyl sites for hydroxylation is 2. The van der Waals surface area contributed by atoms with Gasteiger partial charge in [-0.15, -0.1) is 0 Å². The summed E-state index contributed by atoms with van der Waals surface area (Å²) >= 11 is 0. The Labute approximate surface area is 155 Å². The number of nitrogens with one attached hydrogen (secondary N) is 1. The van der Waals surface area contributed by atoms with E-state index in [0.29, 0.717) is 13.0 Å². The molecule has 4 nitrogen and oxygen atoms in total. The number of imidazole rings is 1. The van der Waals surface area contributed by atoms with Crippen LogP contribution in [0.2, 0.25) is 0 Å². The van der Waals surface area contributed by atoms with E-state index in [-0.39, 0.29) is 11.9 Å². The number of amides is 1. The van der Waals surface area contributed by atoms with Gasteiger partial charge in [-0.2, -0.15) is 0 Å². The maximum absolute atomic E-state index is 12.5. The summed E-state index contributed by atoms with van der Waals surface area (Å²) in [5.41, 5.74) is 5.61. The lowest BCUT2D eigenvalue weighted by molar-refractivity contribution is -0.122. The number of rotatable bonds is 6. The molecule has 0 saturated heterocycles. The first-order valence-electron chi connectivity index (χ1n) is 9.27. The minimum atomic E-state index is 0.0335. The lowest BCUT2D eigenvalue weighted by Gasteiger charge is -2.14. The smallest absolute Gasteiger partial charge is 0.240 e. The lowest BCUT2D eigenvalue weighted by atomic mass is 10.1. The van der Waals surface area contributed by atoms with Crippen LogP contribution in [0.4, 0.5) is 0 Å². The summed E-state index contributed by atoms with van der Waals surface area (Å²) in [4.78, 5) is 17.4. The van der Waals surface area contributed by atoms with E-state index in [1.807, 2.05) is 25.1 Å². The minimum Gasteiger partial charge on any atom is -0.352 e. The molecular weight excluding hydrogens is 322 g/mol. The van der Waals surface area contributed by atoms with E-state index in [4.69, 9.17) is 4.98 Å². The fourth-order valence-electron chi connectivity index (χ4n) is 3.09. The molecule has 1 unspecified atom stereocenters. The predicted octanol–water partition coefficient (Wildman–Crippen LogP) is 4.16. The van der Waals surface area contributed by atoms with Gasteiger partial charge in [0, 0.05) is 12.5 Å². The van der Waals surface area contributed by atoms with Crippen molar-refractivity contribution in [3.05, 3.63) is 65.0 Å². The van der Waals surface area contributed by atoms with Gasteiger partial charge in [-0.1, -0.05) is 37.3 Å². The van der Waals surface area contributed by atoms with Gasteiger partial charge in [0.05, 0.1) is 11.0 Å². The normalized spacial score (nSPS) is 12.3. The first kappa shape index (κ1) is 18.2. The molecule has 1 amide bonds. The molecule has 0 aliphatic carbocycles. The number of benzene rings is 2. The molecule has 1 N–H and O–H groups in total. The summed E-state index contributed by atoms with van der Waals surface area (Å²) in [5, 5.41) is 3.06. The van der Waals surface area contributed by atoms with Gasteiger partial charge in [-0.05, 0) is 56.0 Å². The number of hydrogen-bond donors (Lipinski definition) is 1. The van der Waals surface area contributed by atoms with Crippen molar-refractivity contribution in [1.29, 1.82) is 0 Å². The van der Waals surface area contributed by atoms with E-state index in [0.717, 1.165) is 23.3 Å². The molecule has 0 aliphatic heterocycles. The van der Waals surface area contributed by atoms with Crippen LogP contribution in [0.3, 0.4) is 0 Å². The lowest BCUT2D eigenvalue weighted by Crippen LogP contribution is -2.35. The van der Waals surface area contributed by atoms with Crippen LogP contribution in [0.1, 0.15) is 42.8 Å². The molecule has 1 atom stereocenters. The molecule has 3 rings (SSSR count). The van der Waals surface area contributed by atoms with Gasteiger partial charge in [-0.3, -0.25) is 4.79 Å². The van der Waals surface area contributed by atoms with Crippen molar-refractivity contribution in [3.63, 3.8) is 0 Å². The summed E-state index contributed by atoms with van der Waals surface area (Å²) < 4.78 is 2.06. The van der Waals surface area contributed by atoms with Crippen molar-refractivity contribution < 1.29 is 4.79 Å². The van der Waals surface area contributed by atoms with Crippen molar-refractivity contribution in [3.8, 4) is 0 Å². The zero-order chi connectivity index (χ0) is 18.7. The highest BCUT2D eigenvalue weighted by molar-refractivity contribution is 5.82. The molecule has 1 heterocycles. The molecule has 4 heteroatoms. The molecule has 0 bridgehead atoms. The van der Waals surface area contributed by atoms with Crippen molar-refractivity contribution in [1.82, 2.24) is 14.9 Å². The van der Waals surface area contributed by atoms with Crippen LogP contribution in [0, 0.1) is 13.8 Å². The molecule has 0 spiro atoms. The van der Waals surface area contributed by atoms with Crippen LogP contribution in [0.5, 0.6) is 0 Å². The first-order chi connectivity index (χ1) is 12.5. The Hall–Kier alpha value is -2.62. The van der Waals surface area contributed by atoms with E-state index >= 15 is 0 Å². The molecular formula is C22H27N3O. The van der Waals surface area contributed by atoms with Gasteiger partial charge >= 0.3 is 0 Å². The summed E-state index contributed by atoms with van der Waals surface area (Å²) in [6.07, 6.45) is 1.63. The predicted molar refractivity (Wildman–Crippen MR) is 106 cm³/mol. The van der Waals surface area contributed by atoms with Crippen LogP contribution in [0.25, 0.3) is 11.0 Å². The van der Waals surface area contributed by atoms with Crippen LogP contribution in [-0.2, 0) is 17.8 Å². The molecule has 0 saturated carbocycles. The van der Waals surface area contributed by atoms with Gasteiger partial charge in [0.1, 0.15) is 12.4 Å². The maximum Gasteiger partial charge on any atom is 0.240 e. The fraction of sp³-hybridized carbons (Fsp3) is 0.364. The van der Waals surface area contributed by atoms with Gasteiger partial charge in [-0.25, -0.2) is 4.98 Å². The van der Waals surface area contributed by atoms with E-state index in [2.05, 4.69) is 54.9 Å². The van der Waals surface area contributed by atoms with Crippen LogP contribution in [0.15, 0.2) is 42.5 Å². The molecule has 3 aromatic rings. The van der Waals surface area contributed by atoms with Gasteiger partial charge < -0.3 is 9.88 Å². The van der Waals surface area contributed by atoms with E-state index in [9.17, 15) is 4.79 Å². The van der Waals surface area contributed by atoms with E-state index < -0.39 is 0 Å². The average molecular weight is 349 g/mol. The molecule has 0 fully saturated rings. The van der Waals surface area contributed by atoms with Crippen molar-refractivity contribution in [2.45, 2.75) is 53.1 Å². The number of carbonyl (C=O) groups is 1. The zero-order valence-corrected chi connectivity index (χ0v) is 16.0. The monoisotopic (exact) mass is 349 g/mol. The largest absolute Gasteiger partial charge is 0.352 e. The Balaban J connectivity index is 2.00. The van der Waals surface area contributed by atoms with Crippen molar-refractivity contribution in [2.75, 3.05) is 0 Å². The number of fused-ring (bicyclic) bond motifs is 1. The Bertz CT molecular complexity index is 912. The van der Waals surface area contributed by atoms with Crippen LogP contribution >= 0.6 is 0 Å². The summed E-state index contributed by atoms with van der Waals surface area (Å²) in [5.74, 6) is 0.960. The number of nitrogens with zero attached hydrogens (tertiary/aromatic N) is 2. The Morgan fingerprint density at radius 1 is 1.15 bits per heavy atom. The van der Waals surface area contributed by atoms with Gasteiger partial charge in [0.25, 0.3) is 0 Å². The molecule has 136 valence electrons. The highest BCUT2D eigenvalue weighted by Gasteiger charge is 2.16. The first-order valence-corrected chi connectivity index (χ1v) is 9.27. The summed E-state index contributed by atoms with van der Waals surface area (Å²) in [6.45, 7) is 8.60. The SMILES string of the molecule is CCC(C)NC(=O)Cn1c(Cc2ccccc2)nc2cc(C)c(C)cc21. The average Bonchev–Trinajstić information content (AvgIpc) is 2.92. The third-order valence-corrected chi connectivity index (χ3v) is 4.97. The standard InChI is InChI=1S/C22H27N3O/c1-5-17(4)23-22(26)14-25-20-12-16(3)15(2)11-19(20)24-21(25)13-18-9-7-6-8-10-18/h6-12,17H,5,13-14H2,1-4H3,(H,23,26). The quantitative estimate of drug-likeness (QED) is 0.726. The Morgan fingerprint density at radius 2 is 1.85 bits per heavy atom. The number of hydrogen-bond acceptors (Lipinski definition) is 2. The molecule has 2 aromatic carbocycles. The number of aromatic nitrogens is 2. The Kier molecular flexibility index (Phi) is 5.40. The number of carbonyl (C=O) groups excluding carboxylic acids is 1. The maximum atomic E-state index is 12.5. The zero-order valence-electron chi connectivity index (χ0n) is 16.0. The molecule has 26 heavy (non-hydrogen) atoms. The van der Waals surface area contributed by atoms with Crippen molar-refractivity contribution in [2.24, 2.45) is 0 Å². The molecule has 0 radical (unpaired) electrons.